The number of rotatable bonds is 6. The van der Waals surface area contributed by atoms with Gasteiger partial charge in [0, 0.05) is 5.57 Å². The molecular formula is C12H22O2. The van der Waals surface area contributed by atoms with Gasteiger partial charge >= 0.3 is 5.97 Å². The minimum Gasteiger partial charge on any atom is -0.459 e. The van der Waals surface area contributed by atoms with Gasteiger partial charge in [-0.25, -0.2) is 4.79 Å². The molecule has 0 rings (SSSR count). The Hall–Kier alpha value is -0.790. The number of hydrogen-bond acceptors (Lipinski definition) is 2. The van der Waals surface area contributed by atoms with E-state index in [1.165, 1.54) is 6.42 Å². The first-order valence-corrected chi connectivity index (χ1v) is 5.30. The molecule has 0 saturated carbocycles. The normalized spacial score (nSPS) is 12.6. The van der Waals surface area contributed by atoms with E-state index in [9.17, 15) is 4.79 Å². The summed E-state index contributed by atoms with van der Waals surface area (Å²) in [5, 5.41) is 0. The number of carbonyl (C=O) groups is 1. The Morgan fingerprint density at radius 3 is 2.29 bits per heavy atom. The molecule has 0 aromatic heterocycles. The predicted octanol–water partition coefficient (Wildman–Crippen LogP) is 3.32. The third-order valence-corrected chi connectivity index (χ3v) is 2.05. The van der Waals surface area contributed by atoms with Crippen LogP contribution < -0.4 is 0 Å². The van der Waals surface area contributed by atoms with Crippen molar-refractivity contribution < 1.29 is 9.53 Å². The highest BCUT2D eigenvalue weighted by Gasteiger charge is 2.09. The smallest absolute Gasteiger partial charge is 0.333 e. The SMILES string of the molecule is C=C(C)C(=O)OC(C)CCCC(C)C. The molecule has 1 unspecified atom stereocenters. The monoisotopic (exact) mass is 198 g/mol. The Morgan fingerprint density at radius 1 is 1.29 bits per heavy atom. The van der Waals surface area contributed by atoms with Crippen LogP contribution in [0.1, 0.15) is 47.0 Å². The van der Waals surface area contributed by atoms with Gasteiger partial charge in [0.05, 0.1) is 6.10 Å². The third kappa shape index (κ3) is 6.70. The highest BCUT2D eigenvalue weighted by atomic mass is 16.5. The first-order chi connectivity index (χ1) is 6.43. The lowest BCUT2D eigenvalue weighted by Crippen LogP contribution is -2.15. The molecule has 0 aromatic rings. The highest BCUT2D eigenvalue weighted by Crippen LogP contribution is 2.11. The zero-order chi connectivity index (χ0) is 11.1. The zero-order valence-electron chi connectivity index (χ0n) is 9.80. The van der Waals surface area contributed by atoms with E-state index >= 15 is 0 Å². The van der Waals surface area contributed by atoms with E-state index < -0.39 is 0 Å². The Labute approximate surface area is 87.3 Å². The summed E-state index contributed by atoms with van der Waals surface area (Å²) >= 11 is 0. The van der Waals surface area contributed by atoms with Crippen molar-refractivity contribution in [2.75, 3.05) is 0 Å². The Bertz CT molecular complexity index is 194. The van der Waals surface area contributed by atoms with E-state index in [1.54, 1.807) is 6.92 Å². The highest BCUT2D eigenvalue weighted by molar-refractivity contribution is 5.87. The molecule has 0 aliphatic rings. The van der Waals surface area contributed by atoms with Gasteiger partial charge in [0.25, 0.3) is 0 Å². The van der Waals surface area contributed by atoms with Crippen LogP contribution in [0.25, 0.3) is 0 Å². The summed E-state index contributed by atoms with van der Waals surface area (Å²) in [6.45, 7) is 11.5. The van der Waals surface area contributed by atoms with Crippen molar-refractivity contribution in [3.05, 3.63) is 12.2 Å². The second-order valence-corrected chi connectivity index (χ2v) is 4.32. The average Bonchev–Trinajstić information content (AvgIpc) is 2.02. The lowest BCUT2D eigenvalue weighted by molar-refractivity contribution is -0.143. The van der Waals surface area contributed by atoms with Crippen LogP contribution in [0.2, 0.25) is 0 Å². The molecule has 0 aliphatic heterocycles. The molecule has 0 saturated heterocycles. The topological polar surface area (TPSA) is 26.3 Å². The number of ether oxygens (including phenoxy) is 1. The van der Waals surface area contributed by atoms with Crippen LogP contribution in [0.15, 0.2) is 12.2 Å². The van der Waals surface area contributed by atoms with E-state index in [1.807, 2.05) is 6.92 Å². The molecule has 2 nitrogen and oxygen atoms in total. The maximum Gasteiger partial charge on any atom is 0.333 e. The fraction of sp³-hybridized carbons (Fsp3) is 0.750. The summed E-state index contributed by atoms with van der Waals surface area (Å²) in [6, 6.07) is 0. The van der Waals surface area contributed by atoms with Crippen LogP contribution >= 0.6 is 0 Å². The minimum atomic E-state index is -0.276. The van der Waals surface area contributed by atoms with E-state index in [4.69, 9.17) is 4.74 Å². The van der Waals surface area contributed by atoms with Crippen LogP contribution in [0.4, 0.5) is 0 Å². The van der Waals surface area contributed by atoms with Gasteiger partial charge in [-0.3, -0.25) is 0 Å². The van der Waals surface area contributed by atoms with Crippen molar-refractivity contribution in [2.24, 2.45) is 5.92 Å². The van der Waals surface area contributed by atoms with Gasteiger partial charge in [-0.15, -0.1) is 0 Å². The Morgan fingerprint density at radius 2 is 1.86 bits per heavy atom. The molecule has 0 N–H and O–H groups in total. The molecule has 0 heterocycles. The van der Waals surface area contributed by atoms with Gasteiger partial charge in [0.15, 0.2) is 0 Å². The average molecular weight is 198 g/mol. The quantitative estimate of drug-likeness (QED) is 0.483. The van der Waals surface area contributed by atoms with Gasteiger partial charge in [-0.2, -0.15) is 0 Å². The summed E-state index contributed by atoms with van der Waals surface area (Å²) in [6.07, 6.45) is 3.26. The van der Waals surface area contributed by atoms with Crippen molar-refractivity contribution >= 4 is 5.97 Å². The fourth-order valence-corrected chi connectivity index (χ4v) is 1.16. The maximum atomic E-state index is 11.1. The van der Waals surface area contributed by atoms with Crippen molar-refractivity contribution in [2.45, 2.75) is 53.1 Å². The standard InChI is InChI=1S/C12H22O2/c1-9(2)7-6-8-11(5)14-12(13)10(3)4/h9,11H,3,6-8H2,1-2,4-5H3. The van der Waals surface area contributed by atoms with Gasteiger partial charge in [-0.1, -0.05) is 26.8 Å². The summed E-state index contributed by atoms with van der Waals surface area (Å²) < 4.78 is 5.16. The van der Waals surface area contributed by atoms with Crippen molar-refractivity contribution in [1.82, 2.24) is 0 Å². The van der Waals surface area contributed by atoms with Gasteiger partial charge in [-0.05, 0) is 32.6 Å². The maximum absolute atomic E-state index is 11.1. The molecule has 0 spiro atoms. The van der Waals surface area contributed by atoms with Crippen molar-refractivity contribution in [1.29, 1.82) is 0 Å². The van der Waals surface area contributed by atoms with Crippen molar-refractivity contribution in [3.8, 4) is 0 Å². The van der Waals surface area contributed by atoms with Crippen LogP contribution in [0, 0.1) is 5.92 Å². The van der Waals surface area contributed by atoms with Crippen LogP contribution in [-0.4, -0.2) is 12.1 Å². The van der Waals surface area contributed by atoms with Crippen molar-refractivity contribution in [3.63, 3.8) is 0 Å². The summed E-state index contributed by atoms with van der Waals surface area (Å²) in [7, 11) is 0. The molecule has 0 radical (unpaired) electrons. The van der Waals surface area contributed by atoms with E-state index in [2.05, 4.69) is 20.4 Å². The molecule has 1 atom stereocenters. The summed E-state index contributed by atoms with van der Waals surface area (Å²) in [4.78, 5) is 11.1. The fourth-order valence-electron chi connectivity index (χ4n) is 1.16. The molecule has 2 heteroatoms. The number of carbonyl (C=O) groups excluding carboxylic acids is 1. The summed E-state index contributed by atoms with van der Waals surface area (Å²) in [5.74, 6) is 0.445. The molecule has 0 aromatic carbocycles. The molecule has 0 aliphatic carbocycles. The molecule has 0 bridgehead atoms. The molecule has 0 amide bonds. The van der Waals surface area contributed by atoms with E-state index in [0.717, 1.165) is 18.8 Å². The van der Waals surface area contributed by atoms with Crippen LogP contribution in [0.3, 0.4) is 0 Å². The number of hydrogen-bond donors (Lipinski definition) is 0. The molecule has 82 valence electrons. The molecule has 14 heavy (non-hydrogen) atoms. The van der Waals surface area contributed by atoms with E-state index in [0.29, 0.717) is 5.57 Å². The molecular weight excluding hydrogens is 176 g/mol. The van der Waals surface area contributed by atoms with Gasteiger partial charge in [0.1, 0.15) is 0 Å². The Balaban J connectivity index is 3.60. The van der Waals surface area contributed by atoms with E-state index in [-0.39, 0.29) is 12.1 Å². The first-order valence-electron chi connectivity index (χ1n) is 5.30. The predicted molar refractivity (Wildman–Crippen MR) is 59.1 cm³/mol. The summed E-state index contributed by atoms with van der Waals surface area (Å²) in [5.41, 5.74) is 0.473. The van der Waals surface area contributed by atoms with Gasteiger partial charge in [0.2, 0.25) is 0 Å². The van der Waals surface area contributed by atoms with Crippen LogP contribution in [-0.2, 0) is 9.53 Å². The second kappa shape index (κ2) is 6.63. The first kappa shape index (κ1) is 13.2. The largest absolute Gasteiger partial charge is 0.459 e. The van der Waals surface area contributed by atoms with Crippen LogP contribution in [0.5, 0.6) is 0 Å². The van der Waals surface area contributed by atoms with Gasteiger partial charge < -0.3 is 4.74 Å². The molecule has 0 fully saturated rings. The Kier molecular flexibility index (Phi) is 6.26. The number of esters is 1. The lowest BCUT2D eigenvalue weighted by Gasteiger charge is -2.13. The zero-order valence-corrected chi connectivity index (χ0v) is 9.80. The lowest BCUT2D eigenvalue weighted by atomic mass is 10.0. The second-order valence-electron chi connectivity index (χ2n) is 4.32. The minimum absolute atomic E-state index is 0.0120. The third-order valence-electron chi connectivity index (χ3n) is 2.05.